The Hall–Kier alpha value is -1.90. The van der Waals surface area contributed by atoms with Crippen LogP contribution >= 0.6 is 0 Å². The highest BCUT2D eigenvalue weighted by molar-refractivity contribution is 7.79. The Morgan fingerprint density at radius 1 is 1.32 bits per heavy atom. The molecule has 1 aliphatic heterocycles. The number of carbonyl (C=O) groups is 1. The Morgan fingerprint density at radius 3 is 2.82 bits per heavy atom. The molecule has 1 saturated heterocycles. The summed E-state index contributed by atoms with van der Waals surface area (Å²) < 4.78 is 19.5. The van der Waals surface area contributed by atoms with Crippen molar-refractivity contribution in [1.29, 1.82) is 0 Å². The molecule has 1 aromatic carbocycles. The number of fused-ring (bicyclic) bond motifs is 1. The maximum absolute atomic E-state index is 12.4. The molecule has 0 aliphatic carbocycles. The van der Waals surface area contributed by atoms with Gasteiger partial charge in [-0.1, -0.05) is 0 Å². The lowest BCUT2D eigenvalue weighted by Gasteiger charge is -2.26. The number of aromatic amines is 1. The van der Waals surface area contributed by atoms with E-state index in [1.165, 1.54) is 0 Å². The standard InChI is InChI=1S/C14H18N4O3S/c19-14(18-5-3-15-4-6-18)13-8-10-7-11(16-9-22(20)21)1-2-12(10)17-13/h1-2,7-8,15-17H,3-6,9H2,(H,20,21). The Kier molecular flexibility index (Phi) is 4.41. The highest BCUT2D eigenvalue weighted by Gasteiger charge is 2.19. The number of nitrogens with zero attached hydrogens (tertiary/aromatic N) is 1. The summed E-state index contributed by atoms with van der Waals surface area (Å²) >= 11 is -1.89. The fourth-order valence-corrected chi connectivity index (χ4v) is 2.83. The van der Waals surface area contributed by atoms with E-state index in [-0.39, 0.29) is 11.8 Å². The van der Waals surface area contributed by atoms with Crippen molar-refractivity contribution in [2.45, 2.75) is 0 Å². The van der Waals surface area contributed by atoms with Gasteiger partial charge in [0.05, 0.1) is 0 Å². The lowest BCUT2D eigenvalue weighted by atomic mass is 10.2. The van der Waals surface area contributed by atoms with Crippen LogP contribution in [-0.4, -0.2) is 56.6 Å². The molecule has 7 nitrogen and oxygen atoms in total. The second kappa shape index (κ2) is 6.47. The number of nitrogens with one attached hydrogen (secondary N) is 3. The smallest absolute Gasteiger partial charge is 0.270 e. The maximum Gasteiger partial charge on any atom is 0.270 e. The van der Waals surface area contributed by atoms with Crippen LogP contribution in [-0.2, 0) is 11.1 Å². The van der Waals surface area contributed by atoms with Crippen LogP contribution in [0.2, 0.25) is 0 Å². The molecule has 1 aliphatic rings. The number of amides is 1. The third-order valence-electron chi connectivity index (χ3n) is 3.66. The molecule has 0 spiro atoms. The number of rotatable bonds is 4. The van der Waals surface area contributed by atoms with E-state index in [2.05, 4.69) is 15.6 Å². The fraction of sp³-hybridized carbons (Fsp3) is 0.357. The van der Waals surface area contributed by atoms with Gasteiger partial charge in [0.15, 0.2) is 11.1 Å². The molecule has 0 bridgehead atoms. The van der Waals surface area contributed by atoms with Gasteiger partial charge in [-0.3, -0.25) is 4.79 Å². The van der Waals surface area contributed by atoms with Gasteiger partial charge in [0.1, 0.15) is 11.6 Å². The van der Waals surface area contributed by atoms with E-state index in [0.717, 1.165) is 29.7 Å². The third kappa shape index (κ3) is 3.29. The summed E-state index contributed by atoms with van der Waals surface area (Å²) in [7, 11) is 0. The van der Waals surface area contributed by atoms with Crippen molar-refractivity contribution in [3.05, 3.63) is 30.0 Å². The van der Waals surface area contributed by atoms with E-state index < -0.39 is 11.1 Å². The lowest BCUT2D eigenvalue weighted by Crippen LogP contribution is -2.46. The molecule has 1 unspecified atom stereocenters. The van der Waals surface area contributed by atoms with E-state index in [0.29, 0.717) is 18.8 Å². The molecule has 1 amide bonds. The summed E-state index contributed by atoms with van der Waals surface area (Å²) in [6, 6.07) is 7.34. The molecule has 2 aromatic rings. The first-order valence-corrected chi connectivity index (χ1v) is 8.35. The second-order valence-electron chi connectivity index (χ2n) is 5.17. The van der Waals surface area contributed by atoms with Gasteiger partial charge in [0.25, 0.3) is 5.91 Å². The first kappa shape index (κ1) is 15.0. The molecule has 3 rings (SSSR count). The normalized spacial score (nSPS) is 16.7. The average Bonchev–Trinajstić information content (AvgIpc) is 2.96. The monoisotopic (exact) mass is 322 g/mol. The lowest BCUT2D eigenvalue weighted by molar-refractivity contribution is 0.0731. The van der Waals surface area contributed by atoms with Gasteiger partial charge in [-0.05, 0) is 24.3 Å². The Bertz CT molecular complexity index is 709. The van der Waals surface area contributed by atoms with Crippen molar-refractivity contribution >= 4 is 33.6 Å². The number of hydrogen-bond acceptors (Lipinski definition) is 4. The molecule has 0 radical (unpaired) electrons. The molecule has 2 heterocycles. The van der Waals surface area contributed by atoms with E-state index in [9.17, 15) is 9.00 Å². The van der Waals surface area contributed by atoms with Gasteiger partial charge in [0, 0.05) is 42.8 Å². The molecule has 1 fully saturated rings. The van der Waals surface area contributed by atoms with Crippen molar-refractivity contribution in [2.75, 3.05) is 37.4 Å². The highest BCUT2D eigenvalue weighted by Crippen LogP contribution is 2.21. The minimum atomic E-state index is -1.89. The van der Waals surface area contributed by atoms with Gasteiger partial charge < -0.3 is 25.1 Å². The van der Waals surface area contributed by atoms with Crippen LogP contribution < -0.4 is 10.6 Å². The fourth-order valence-electron chi connectivity index (χ4n) is 2.54. The van der Waals surface area contributed by atoms with Crippen LogP contribution in [0.25, 0.3) is 10.9 Å². The van der Waals surface area contributed by atoms with Gasteiger partial charge in [-0.25, -0.2) is 4.21 Å². The topological polar surface area (TPSA) is 97.5 Å². The zero-order valence-corrected chi connectivity index (χ0v) is 12.8. The minimum absolute atomic E-state index is 0.00340. The first-order valence-electron chi connectivity index (χ1n) is 7.07. The molecule has 0 saturated carbocycles. The summed E-state index contributed by atoms with van der Waals surface area (Å²) in [5.74, 6) is -0.0219. The van der Waals surface area contributed by atoms with Gasteiger partial charge >= 0.3 is 0 Å². The molecule has 1 atom stereocenters. The summed E-state index contributed by atoms with van der Waals surface area (Å²) in [4.78, 5) is 17.4. The Labute approximate surface area is 130 Å². The van der Waals surface area contributed by atoms with E-state index in [1.54, 1.807) is 0 Å². The number of aromatic nitrogens is 1. The molecule has 4 N–H and O–H groups in total. The van der Waals surface area contributed by atoms with Crippen LogP contribution in [0.4, 0.5) is 5.69 Å². The number of anilines is 1. The molecular formula is C14H18N4O3S. The first-order chi connectivity index (χ1) is 10.6. The van der Waals surface area contributed by atoms with Crippen molar-refractivity contribution < 1.29 is 13.6 Å². The SMILES string of the molecule is O=C(c1cc2cc(NCS(=O)O)ccc2[nH]1)N1CCNCC1. The van der Waals surface area contributed by atoms with Crippen molar-refractivity contribution in [1.82, 2.24) is 15.2 Å². The van der Waals surface area contributed by atoms with Crippen molar-refractivity contribution in [3.63, 3.8) is 0 Å². The number of carbonyl (C=O) groups excluding carboxylic acids is 1. The molecule has 1 aromatic heterocycles. The zero-order chi connectivity index (χ0) is 15.5. The molecule has 22 heavy (non-hydrogen) atoms. The van der Waals surface area contributed by atoms with Crippen LogP contribution in [0, 0.1) is 0 Å². The average molecular weight is 322 g/mol. The van der Waals surface area contributed by atoms with Crippen molar-refractivity contribution in [2.24, 2.45) is 0 Å². The summed E-state index contributed by atoms with van der Waals surface area (Å²) in [6.07, 6.45) is 0. The zero-order valence-electron chi connectivity index (χ0n) is 12.0. The van der Waals surface area contributed by atoms with E-state index >= 15 is 0 Å². The minimum Gasteiger partial charge on any atom is -0.372 e. The predicted octanol–water partition coefficient (Wildman–Crippen LogP) is 0.804. The highest BCUT2D eigenvalue weighted by atomic mass is 32.2. The molecule has 118 valence electrons. The Morgan fingerprint density at radius 2 is 2.09 bits per heavy atom. The quantitative estimate of drug-likeness (QED) is 0.625. The number of H-pyrrole nitrogens is 1. The number of piperazine rings is 1. The maximum atomic E-state index is 12.4. The van der Waals surface area contributed by atoms with E-state index in [4.69, 9.17) is 4.55 Å². The number of hydrogen-bond donors (Lipinski definition) is 4. The largest absolute Gasteiger partial charge is 0.372 e. The van der Waals surface area contributed by atoms with Gasteiger partial charge in [-0.2, -0.15) is 0 Å². The number of benzene rings is 1. The van der Waals surface area contributed by atoms with Crippen LogP contribution in [0.5, 0.6) is 0 Å². The van der Waals surface area contributed by atoms with Crippen LogP contribution in [0.3, 0.4) is 0 Å². The third-order valence-corrected chi connectivity index (χ3v) is 4.05. The van der Waals surface area contributed by atoms with Gasteiger partial charge in [-0.15, -0.1) is 0 Å². The summed E-state index contributed by atoms with van der Waals surface area (Å²) in [5, 5.41) is 6.99. The van der Waals surface area contributed by atoms with Crippen LogP contribution in [0.15, 0.2) is 24.3 Å². The van der Waals surface area contributed by atoms with E-state index in [1.807, 2.05) is 29.2 Å². The van der Waals surface area contributed by atoms with Gasteiger partial charge in [0.2, 0.25) is 0 Å². The Balaban J connectivity index is 1.79. The predicted molar refractivity (Wildman–Crippen MR) is 86.3 cm³/mol. The summed E-state index contributed by atoms with van der Waals surface area (Å²) in [6.45, 7) is 3.06. The molecule has 8 heteroatoms. The molecular weight excluding hydrogens is 304 g/mol. The summed E-state index contributed by atoms with van der Waals surface area (Å²) in [5.41, 5.74) is 2.18. The van der Waals surface area contributed by atoms with Crippen molar-refractivity contribution in [3.8, 4) is 0 Å². The second-order valence-corrected chi connectivity index (χ2v) is 6.10. The van der Waals surface area contributed by atoms with Crippen LogP contribution in [0.1, 0.15) is 10.5 Å².